The predicted octanol–water partition coefficient (Wildman–Crippen LogP) is 2.23. The van der Waals surface area contributed by atoms with Gasteiger partial charge in [0.15, 0.2) is 6.10 Å². The van der Waals surface area contributed by atoms with Crippen LogP contribution in [0.25, 0.3) is 0 Å². The third kappa shape index (κ3) is 4.20. The average Bonchev–Trinajstić information content (AvgIpc) is 2.39. The van der Waals surface area contributed by atoms with Crippen LogP contribution >= 0.6 is 12.2 Å². The SMILES string of the molecule is CCCNC(=O)C(C)Oc1c(C)cc(C(N)=S)cc1C. The molecule has 1 amide bonds. The van der Waals surface area contributed by atoms with Gasteiger partial charge in [-0.3, -0.25) is 4.79 Å². The Kier molecular flexibility index (Phi) is 5.95. The van der Waals surface area contributed by atoms with E-state index < -0.39 is 6.10 Å². The number of carbonyl (C=O) groups is 1. The summed E-state index contributed by atoms with van der Waals surface area (Å²) in [4.78, 5) is 12.2. The number of aryl methyl sites for hydroxylation is 2. The van der Waals surface area contributed by atoms with Crippen LogP contribution in [0.1, 0.15) is 37.0 Å². The van der Waals surface area contributed by atoms with Gasteiger partial charge in [0.1, 0.15) is 10.7 Å². The molecule has 5 heteroatoms. The maximum absolute atomic E-state index is 11.8. The number of hydrogen-bond donors (Lipinski definition) is 2. The molecule has 0 spiro atoms. The molecular weight excluding hydrogens is 272 g/mol. The zero-order valence-corrected chi connectivity index (χ0v) is 13.3. The van der Waals surface area contributed by atoms with Crippen molar-refractivity contribution < 1.29 is 9.53 Å². The monoisotopic (exact) mass is 294 g/mol. The summed E-state index contributed by atoms with van der Waals surface area (Å²) >= 11 is 4.97. The van der Waals surface area contributed by atoms with Crippen molar-refractivity contribution >= 4 is 23.1 Å². The topological polar surface area (TPSA) is 64.3 Å². The molecule has 0 saturated heterocycles. The summed E-state index contributed by atoms with van der Waals surface area (Å²) in [5.41, 5.74) is 8.28. The molecule has 0 radical (unpaired) electrons. The minimum absolute atomic E-state index is 0.107. The lowest BCUT2D eigenvalue weighted by Gasteiger charge is -2.18. The van der Waals surface area contributed by atoms with Crippen molar-refractivity contribution in [2.24, 2.45) is 5.73 Å². The highest BCUT2D eigenvalue weighted by molar-refractivity contribution is 7.80. The number of benzene rings is 1. The van der Waals surface area contributed by atoms with Gasteiger partial charge in [-0.05, 0) is 50.5 Å². The first-order valence-electron chi connectivity index (χ1n) is 6.72. The van der Waals surface area contributed by atoms with E-state index in [4.69, 9.17) is 22.7 Å². The second-order valence-corrected chi connectivity index (χ2v) is 5.29. The second-order valence-electron chi connectivity index (χ2n) is 4.85. The molecule has 0 aliphatic rings. The van der Waals surface area contributed by atoms with Crippen LogP contribution in [0.15, 0.2) is 12.1 Å². The van der Waals surface area contributed by atoms with Crippen molar-refractivity contribution in [1.82, 2.24) is 5.32 Å². The van der Waals surface area contributed by atoms with Crippen LogP contribution < -0.4 is 15.8 Å². The second kappa shape index (κ2) is 7.24. The third-order valence-corrected chi connectivity index (χ3v) is 3.19. The molecular formula is C15H22N2O2S. The number of nitrogens with one attached hydrogen (secondary N) is 1. The van der Waals surface area contributed by atoms with Crippen LogP contribution in [-0.4, -0.2) is 23.5 Å². The van der Waals surface area contributed by atoms with Gasteiger partial charge in [-0.1, -0.05) is 19.1 Å². The Labute approximate surface area is 125 Å². The first kappa shape index (κ1) is 16.4. The van der Waals surface area contributed by atoms with Crippen molar-refractivity contribution in [3.8, 4) is 5.75 Å². The molecule has 1 unspecified atom stereocenters. The Morgan fingerprint density at radius 2 is 1.95 bits per heavy atom. The van der Waals surface area contributed by atoms with E-state index in [-0.39, 0.29) is 5.91 Å². The molecule has 4 nitrogen and oxygen atoms in total. The first-order valence-corrected chi connectivity index (χ1v) is 7.13. The van der Waals surface area contributed by atoms with E-state index in [1.807, 2.05) is 32.9 Å². The number of amides is 1. The Morgan fingerprint density at radius 3 is 2.40 bits per heavy atom. The van der Waals surface area contributed by atoms with E-state index in [0.29, 0.717) is 17.3 Å². The van der Waals surface area contributed by atoms with Gasteiger partial charge in [0.2, 0.25) is 0 Å². The summed E-state index contributed by atoms with van der Waals surface area (Å²) < 4.78 is 5.77. The fourth-order valence-electron chi connectivity index (χ4n) is 1.90. The highest BCUT2D eigenvalue weighted by Gasteiger charge is 2.17. The molecule has 1 atom stereocenters. The lowest BCUT2D eigenvalue weighted by molar-refractivity contribution is -0.127. The lowest BCUT2D eigenvalue weighted by Crippen LogP contribution is -2.36. The quantitative estimate of drug-likeness (QED) is 0.790. The summed E-state index contributed by atoms with van der Waals surface area (Å²) in [6, 6.07) is 3.75. The van der Waals surface area contributed by atoms with E-state index in [1.54, 1.807) is 6.92 Å². The first-order chi connectivity index (χ1) is 9.36. The Bertz CT molecular complexity index is 492. The summed E-state index contributed by atoms with van der Waals surface area (Å²) in [7, 11) is 0. The number of nitrogens with two attached hydrogens (primary N) is 1. The van der Waals surface area contributed by atoms with E-state index in [0.717, 1.165) is 23.1 Å². The van der Waals surface area contributed by atoms with E-state index >= 15 is 0 Å². The molecule has 0 aromatic heterocycles. The van der Waals surface area contributed by atoms with Gasteiger partial charge < -0.3 is 15.8 Å². The number of hydrogen-bond acceptors (Lipinski definition) is 3. The normalized spacial score (nSPS) is 11.8. The van der Waals surface area contributed by atoms with Crippen molar-refractivity contribution in [3.63, 3.8) is 0 Å². The highest BCUT2D eigenvalue weighted by Crippen LogP contribution is 2.26. The van der Waals surface area contributed by atoms with Crippen LogP contribution in [0.5, 0.6) is 5.75 Å². The molecule has 0 bridgehead atoms. The maximum Gasteiger partial charge on any atom is 0.260 e. The molecule has 0 saturated carbocycles. The van der Waals surface area contributed by atoms with Gasteiger partial charge in [-0.15, -0.1) is 0 Å². The van der Waals surface area contributed by atoms with Crippen molar-refractivity contribution in [2.45, 2.75) is 40.2 Å². The number of thiocarbonyl (C=S) groups is 1. The van der Waals surface area contributed by atoms with Crippen LogP contribution in [-0.2, 0) is 4.79 Å². The summed E-state index contributed by atoms with van der Waals surface area (Å²) in [6.07, 6.45) is 0.369. The van der Waals surface area contributed by atoms with Gasteiger partial charge in [0.05, 0.1) is 0 Å². The molecule has 0 heterocycles. The minimum Gasteiger partial charge on any atom is -0.480 e. The fourth-order valence-corrected chi connectivity index (χ4v) is 2.02. The Hall–Kier alpha value is -1.62. The molecule has 3 N–H and O–H groups in total. The maximum atomic E-state index is 11.8. The predicted molar refractivity (Wildman–Crippen MR) is 85.2 cm³/mol. The van der Waals surface area contributed by atoms with Gasteiger partial charge >= 0.3 is 0 Å². The summed E-state index contributed by atoms with van der Waals surface area (Å²) in [5.74, 6) is 0.605. The molecule has 1 aromatic carbocycles. The highest BCUT2D eigenvalue weighted by atomic mass is 32.1. The van der Waals surface area contributed by atoms with Crippen LogP contribution in [0, 0.1) is 13.8 Å². The molecule has 20 heavy (non-hydrogen) atoms. The summed E-state index contributed by atoms with van der Waals surface area (Å²) in [6.45, 7) is 8.24. The minimum atomic E-state index is -0.533. The van der Waals surface area contributed by atoms with Crippen LogP contribution in [0.3, 0.4) is 0 Å². The van der Waals surface area contributed by atoms with Crippen LogP contribution in [0.4, 0.5) is 0 Å². The summed E-state index contributed by atoms with van der Waals surface area (Å²) in [5, 5.41) is 2.82. The number of ether oxygens (including phenoxy) is 1. The smallest absolute Gasteiger partial charge is 0.260 e. The largest absolute Gasteiger partial charge is 0.480 e. The van der Waals surface area contributed by atoms with Gasteiger partial charge in [-0.25, -0.2) is 0 Å². The standard InChI is InChI=1S/C15H22N2O2S/c1-5-6-17-15(18)11(4)19-13-9(2)7-12(14(16)20)8-10(13)3/h7-8,11H,5-6H2,1-4H3,(H2,16,20)(H,17,18). The molecule has 0 fully saturated rings. The van der Waals surface area contributed by atoms with Gasteiger partial charge in [-0.2, -0.15) is 0 Å². The number of rotatable bonds is 6. The molecule has 0 aliphatic carbocycles. The van der Waals surface area contributed by atoms with Crippen LogP contribution in [0.2, 0.25) is 0 Å². The van der Waals surface area contributed by atoms with Crippen molar-refractivity contribution in [1.29, 1.82) is 0 Å². The van der Waals surface area contributed by atoms with E-state index in [2.05, 4.69) is 5.32 Å². The van der Waals surface area contributed by atoms with Crippen molar-refractivity contribution in [2.75, 3.05) is 6.54 Å². The zero-order chi connectivity index (χ0) is 15.3. The lowest BCUT2D eigenvalue weighted by atomic mass is 10.1. The van der Waals surface area contributed by atoms with Gasteiger partial charge in [0, 0.05) is 12.1 Å². The average molecular weight is 294 g/mol. The Morgan fingerprint density at radius 1 is 1.40 bits per heavy atom. The Balaban J connectivity index is 2.87. The third-order valence-electron chi connectivity index (χ3n) is 2.96. The van der Waals surface area contributed by atoms with Gasteiger partial charge in [0.25, 0.3) is 5.91 Å². The van der Waals surface area contributed by atoms with Crippen molar-refractivity contribution in [3.05, 3.63) is 28.8 Å². The zero-order valence-electron chi connectivity index (χ0n) is 12.4. The van der Waals surface area contributed by atoms with E-state index in [9.17, 15) is 4.79 Å². The fraction of sp³-hybridized carbons (Fsp3) is 0.467. The van der Waals surface area contributed by atoms with E-state index in [1.165, 1.54) is 0 Å². The molecule has 0 aliphatic heterocycles. The number of carbonyl (C=O) groups excluding carboxylic acids is 1. The molecule has 1 rings (SSSR count). The molecule has 110 valence electrons. The molecule has 1 aromatic rings.